The third-order valence-electron chi connectivity index (χ3n) is 6.64. The molecule has 1 aliphatic rings. The van der Waals surface area contributed by atoms with Crippen molar-refractivity contribution in [1.29, 1.82) is 0 Å². The number of hydrogen-bond donors (Lipinski definition) is 1. The van der Waals surface area contributed by atoms with Gasteiger partial charge in [-0.05, 0) is 37.5 Å². The highest BCUT2D eigenvalue weighted by molar-refractivity contribution is 6.14. The summed E-state index contributed by atoms with van der Waals surface area (Å²) in [6, 6.07) is 17.9. The number of Topliss-reactive ketones (excluding diaryl/α,β-unsaturated/α-hetero) is 1. The second-order valence-corrected chi connectivity index (χ2v) is 9.40. The number of aryl methyl sites for hydroxylation is 2. The summed E-state index contributed by atoms with van der Waals surface area (Å²) in [6.07, 6.45) is -2.01. The molecule has 0 radical (unpaired) electrons. The highest BCUT2D eigenvalue weighted by Crippen LogP contribution is 2.34. The fraction of sp³-hybridized carbons (Fsp3) is 0.367. The van der Waals surface area contributed by atoms with Gasteiger partial charge in [-0.2, -0.15) is 0 Å². The zero-order chi connectivity index (χ0) is 27.9. The Labute approximate surface area is 227 Å². The summed E-state index contributed by atoms with van der Waals surface area (Å²) in [6.45, 7) is 4.25. The molecule has 1 aliphatic heterocycles. The minimum Gasteiger partial charge on any atom is -0.457 e. The number of carbonyl (C=O) groups is 3. The zero-order valence-corrected chi connectivity index (χ0v) is 22.3. The second-order valence-electron chi connectivity index (χ2n) is 9.40. The van der Waals surface area contributed by atoms with E-state index >= 15 is 0 Å². The third-order valence-corrected chi connectivity index (χ3v) is 6.64. The first kappa shape index (κ1) is 28.2. The van der Waals surface area contributed by atoms with E-state index in [-0.39, 0.29) is 19.0 Å². The lowest BCUT2D eigenvalue weighted by Gasteiger charge is -2.22. The van der Waals surface area contributed by atoms with Crippen molar-refractivity contribution in [2.24, 2.45) is 0 Å². The number of furan rings is 1. The normalized spacial score (nSPS) is 17.7. The van der Waals surface area contributed by atoms with Gasteiger partial charge in [-0.15, -0.1) is 0 Å². The first-order valence-corrected chi connectivity index (χ1v) is 12.9. The van der Waals surface area contributed by atoms with Crippen LogP contribution in [0.5, 0.6) is 0 Å². The van der Waals surface area contributed by atoms with Crippen LogP contribution in [0, 0.1) is 6.92 Å². The van der Waals surface area contributed by atoms with Gasteiger partial charge in [-0.1, -0.05) is 60.2 Å². The first-order chi connectivity index (χ1) is 18.8. The number of amides is 2. The second kappa shape index (κ2) is 12.8. The lowest BCUT2D eigenvalue weighted by atomic mass is 10.0. The molecule has 2 aromatic carbocycles. The number of cyclic esters (lactones) is 1. The number of ketones is 1. The van der Waals surface area contributed by atoms with Crippen molar-refractivity contribution in [3.63, 3.8) is 0 Å². The Bertz CT molecular complexity index is 1300. The minimum absolute atomic E-state index is 0.0437. The van der Waals surface area contributed by atoms with E-state index in [0.29, 0.717) is 25.2 Å². The number of aliphatic hydroxyl groups is 1. The summed E-state index contributed by atoms with van der Waals surface area (Å²) in [7, 11) is 1.24. The molecule has 9 heteroatoms. The molecule has 0 spiro atoms. The van der Waals surface area contributed by atoms with Gasteiger partial charge in [0.25, 0.3) is 5.91 Å². The molecule has 9 nitrogen and oxygen atoms in total. The van der Waals surface area contributed by atoms with Crippen LogP contribution in [0.25, 0.3) is 11.1 Å². The average Bonchev–Trinajstić information content (AvgIpc) is 3.49. The van der Waals surface area contributed by atoms with Gasteiger partial charge < -0.3 is 23.7 Å². The summed E-state index contributed by atoms with van der Waals surface area (Å²) in [5, 5.41) is 8.92. The molecule has 1 fully saturated rings. The van der Waals surface area contributed by atoms with Gasteiger partial charge in [-0.3, -0.25) is 9.59 Å². The lowest BCUT2D eigenvalue weighted by molar-refractivity contribution is -0.137. The van der Waals surface area contributed by atoms with Gasteiger partial charge in [0.05, 0.1) is 19.3 Å². The van der Waals surface area contributed by atoms with E-state index in [9.17, 15) is 14.4 Å². The highest BCUT2D eigenvalue weighted by atomic mass is 16.6. The van der Waals surface area contributed by atoms with Crippen molar-refractivity contribution in [3.05, 3.63) is 83.3 Å². The Morgan fingerprint density at radius 2 is 1.85 bits per heavy atom. The molecule has 3 atom stereocenters. The molecule has 2 heterocycles. The molecule has 1 saturated heterocycles. The van der Waals surface area contributed by atoms with Crippen LogP contribution in [-0.2, 0) is 25.4 Å². The van der Waals surface area contributed by atoms with Gasteiger partial charge in [0.1, 0.15) is 11.9 Å². The van der Waals surface area contributed by atoms with E-state index < -0.39 is 36.0 Å². The van der Waals surface area contributed by atoms with E-state index in [4.69, 9.17) is 23.7 Å². The van der Waals surface area contributed by atoms with E-state index in [2.05, 4.69) is 0 Å². The Morgan fingerprint density at radius 1 is 1.08 bits per heavy atom. The molecular formula is C30H33NO8. The standard InChI is InChI=1S/C30H33NO8/c1-19-9-7-12-22(17-19)23-18-25(38-24(23)13-8-15-37-16-14-32)26(33)28(36-3)29(34)31-20(2)27(39-30(31)35)21-10-5-4-6-11-21/h4-7,9-12,17-18,20,27-28,32H,8,13-16H2,1-3H3/t20-,27-,28-/m1/s1. The van der Waals surface area contributed by atoms with Crippen LogP contribution < -0.4 is 0 Å². The topological polar surface area (TPSA) is 116 Å². The molecule has 2 amide bonds. The van der Waals surface area contributed by atoms with Crippen molar-refractivity contribution in [2.45, 2.75) is 44.9 Å². The number of carbonyl (C=O) groups excluding carboxylic acids is 3. The average molecular weight is 536 g/mol. The van der Waals surface area contributed by atoms with Gasteiger partial charge >= 0.3 is 6.09 Å². The molecule has 4 rings (SSSR count). The number of benzene rings is 2. The number of nitrogens with zero attached hydrogens (tertiary/aromatic N) is 1. The van der Waals surface area contributed by atoms with Crippen molar-refractivity contribution >= 4 is 17.8 Å². The molecule has 0 aliphatic carbocycles. The Kier molecular flexibility index (Phi) is 9.29. The third kappa shape index (κ3) is 6.27. The van der Waals surface area contributed by atoms with E-state index in [1.165, 1.54) is 7.11 Å². The highest BCUT2D eigenvalue weighted by Gasteiger charge is 2.47. The summed E-state index contributed by atoms with van der Waals surface area (Å²) in [5.41, 5.74) is 3.38. The number of hydrogen-bond acceptors (Lipinski definition) is 8. The Balaban J connectivity index is 1.58. The molecule has 206 valence electrons. The molecule has 39 heavy (non-hydrogen) atoms. The number of imide groups is 1. The van der Waals surface area contributed by atoms with Crippen LogP contribution in [0.15, 0.2) is 65.1 Å². The zero-order valence-electron chi connectivity index (χ0n) is 22.3. The van der Waals surface area contributed by atoms with Crippen LogP contribution in [0.3, 0.4) is 0 Å². The lowest BCUT2D eigenvalue weighted by Crippen LogP contribution is -2.47. The summed E-state index contributed by atoms with van der Waals surface area (Å²) >= 11 is 0. The monoisotopic (exact) mass is 535 g/mol. The number of aliphatic hydroxyl groups excluding tert-OH is 1. The number of methoxy groups -OCH3 is 1. The van der Waals surface area contributed by atoms with Crippen molar-refractivity contribution in [2.75, 3.05) is 26.9 Å². The predicted octanol–water partition coefficient (Wildman–Crippen LogP) is 4.50. The fourth-order valence-corrected chi connectivity index (χ4v) is 4.72. The van der Waals surface area contributed by atoms with E-state index in [1.807, 2.05) is 61.5 Å². The van der Waals surface area contributed by atoms with Gasteiger partial charge in [0.15, 0.2) is 5.76 Å². The SMILES string of the molecule is CO[C@H](C(=O)c1cc(-c2cccc(C)c2)c(CCCOCCO)o1)C(=O)N1C(=O)O[C@@H](c2ccccc2)[C@H]1C. The van der Waals surface area contributed by atoms with Gasteiger partial charge in [0, 0.05) is 25.7 Å². The maximum Gasteiger partial charge on any atom is 0.417 e. The Morgan fingerprint density at radius 3 is 2.54 bits per heavy atom. The van der Waals surface area contributed by atoms with E-state index in [0.717, 1.165) is 27.2 Å². The molecule has 1 N–H and O–H groups in total. The molecule has 1 aromatic heterocycles. The van der Waals surface area contributed by atoms with E-state index in [1.54, 1.807) is 13.0 Å². The predicted molar refractivity (Wildman–Crippen MR) is 142 cm³/mol. The summed E-state index contributed by atoms with van der Waals surface area (Å²) in [4.78, 5) is 40.7. The smallest absolute Gasteiger partial charge is 0.417 e. The molecule has 3 aromatic rings. The fourth-order valence-electron chi connectivity index (χ4n) is 4.72. The van der Waals surface area contributed by atoms with Gasteiger partial charge in [0.2, 0.25) is 11.9 Å². The molecule has 0 unspecified atom stereocenters. The van der Waals surface area contributed by atoms with Gasteiger partial charge in [-0.25, -0.2) is 9.69 Å². The number of rotatable bonds is 12. The van der Waals surface area contributed by atoms with Crippen LogP contribution in [0.4, 0.5) is 4.79 Å². The van der Waals surface area contributed by atoms with Crippen LogP contribution >= 0.6 is 0 Å². The summed E-state index contributed by atoms with van der Waals surface area (Å²) in [5.74, 6) is -0.983. The van der Waals surface area contributed by atoms with Crippen molar-refractivity contribution in [1.82, 2.24) is 4.90 Å². The minimum atomic E-state index is -1.59. The Hall–Kier alpha value is -3.79. The van der Waals surface area contributed by atoms with Crippen molar-refractivity contribution in [3.8, 4) is 11.1 Å². The first-order valence-electron chi connectivity index (χ1n) is 12.9. The van der Waals surface area contributed by atoms with Crippen LogP contribution in [-0.4, -0.2) is 66.9 Å². The molecular weight excluding hydrogens is 502 g/mol. The maximum atomic E-state index is 13.5. The van der Waals surface area contributed by atoms with Crippen molar-refractivity contribution < 1.29 is 38.1 Å². The molecule has 0 saturated carbocycles. The summed E-state index contributed by atoms with van der Waals surface area (Å²) < 4.78 is 22.2. The maximum absolute atomic E-state index is 13.5. The number of ether oxygens (including phenoxy) is 3. The quantitative estimate of drug-likeness (QED) is 0.205. The van der Waals surface area contributed by atoms with Crippen LogP contribution in [0.2, 0.25) is 0 Å². The largest absolute Gasteiger partial charge is 0.457 e. The molecule has 0 bridgehead atoms. The van der Waals surface area contributed by atoms with Crippen LogP contribution in [0.1, 0.15) is 46.9 Å².